The molecular formula is C9H11N3S. The molecule has 0 unspecified atom stereocenters. The van der Waals surface area contributed by atoms with Crippen LogP contribution in [0.25, 0.3) is 0 Å². The van der Waals surface area contributed by atoms with Gasteiger partial charge in [-0.05, 0) is 17.9 Å². The Morgan fingerprint density at radius 3 is 3.15 bits per heavy atom. The molecule has 0 amide bonds. The summed E-state index contributed by atoms with van der Waals surface area (Å²) >= 11 is 1.49. The van der Waals surface area contributed by atoms with E-state index in [9.17, 15) is 0 Å². The average molecular weight is 193 g/mol. The van der Waals surface area contributed by atoms with E-state index >= 15 is 0 Å². The van der Waals surface area contributed by atoms with Crippen LogP contribution in [0.15, 0.2) is 11.4 Å². The third-order valence-corrected chi connectivity index (χ3v) is 3.12. The van der Waals surface area contributed by atoms with Crippen molar-refractivity contribution < 1.29 is 0 Å². The van der Waals surface area contributed by atoms with Gasteiger partial charge in [0.05, 0.1) is 5.69 Å². The third kappa shape index (κ3) is 1.53. The summed E-state index contributed by atoms with van der Waals surface area (Å²) in [6, 6.07) is 4.47. The van der Waals surface area contributed by atoms with Crippen LogP contribution in [0.5, 0.6) is 0 Å². The molecule has 1 aromatic heterocycles. The molecule has 2 heterocycles. The Kier molecular flexibility index (Phi) is 2.21. The summed E-state index contributed by atoms with van der Waals surface area (Å²) in [5.74, 6) is 0. The van der Waals surface area contributed by atoms with Crippen LogP contribution in [0, 0.1) is 11.3 Å². The van der Waals surface area contributed by atoms with Gasteiger partial charge in [-0.15, -0.1) is 11.3 Å². The van der Waals surface area contributed by atoms with E-state index in [1.54, 1.807) is 0 Å². The number of rotatable bonds is 1. The van der Waals surface area contributed by atoms with Gasteiger partial charge in [-0.1, -0.05) is 0 Å². The molecule has 4 heteroatoms. The molecule has 3 nitrogen and oxygen atoms in total. The van der Waals surface area contributed by atoms with Crippen LogP contribution in [0.1, 0.15) is 11.3 Å². The molecule has 13 heavy (non-hydrogen) atoms. The first-order valence-electron chi connectivity index (χ1n) is 4.29. The van der Waals surface area contributed by atoms with Crippen LogP contribution in [0.2, 0.25) is 0 Å². The second-order valence-electron chi connectivity index (χ2n) is 3.24. The number of nitriles is 1. The highest BCUT2D eigenvalue weighted by Gasteiger charge is 2.21. The van der Waals surface area contributed by atoms with Gasteiger partial charge < -0.3 is 10.6 Å². The van der Waals surface area contributed by atoms with Crippen molar-refractivity contribution in [1.29, 1.82) is 5.26 Å². The molecule has 0 saturated carbocycles. The highest BCUT2D eigenvalue weighted by molar-refractivity contribution is 7.11. The number of anilines is 1. The molecule has 0 radical (unpaired) electrons. The van der Waals surface area contributed by atoms with Crippen molar-refractivity contribution >= 4 is 17.0 Å². The van der Waals surface area contributed by atoms with Gasteiger partial charge in [-0.25, -0.2) is 0 Å². The molecule has 2 N–H and O–H groups in total. The van der Waals surface area contributed by atoms with Gasteiger partial charge in [0.25, 0.3) is 0 Å². The molecule has 1 aromatic rings. The van der Waals surface area contributed by atoms with Crippen LogP contribution >= 0.6 is 11.3 Å². The second-order valence-corrected chi connectivity index (χ2v) is 4.16. The lowest BCUT2D eigenvalue weighted by Gasteiger charge is -2.16. The van der Waals surface area contributed by atoms with Crippen LogP contribution in [-0.4, -0.2) is 19.1 Å². The van der Waals surface area contributed by atoms with Crippen molar-refractivity contribution in [2.45, 2.75) is 12.5 Å². The van der Waals surface area contributed by atoms with Crippen molar-refractivity contribution in [3.63, 3.8) is 0 Å². The Bertz CT molecular complexity index is 339. The molecule has 0 bridgehead atoms. The standard InChI is InChI=1S/C9H11N3S/c10-5-9-8(2-4-13-9)12-3-1-7(11)6-12/h2,4,7H,1,3,6,11H2/t7-/m0/s1. The summed E-state index contributed by atoms with van der Waals surface area (Å²) in [7, 11) is 0. The highest BCUT2D eigenvalue weighted by Crippen LogP contribution is 2.27. The fraction of sp³-hybridized carbons (Fsp3) is 0.444. The van der Waals surface area contributed by atoms with E-state index in [0.29, 0.717) is 0 Å². The molecule has 0 aliphatic carbocycles. The topological polar surface area (TPSA) is 53.0 Å². The highest BCUT2D eigenvalue weighted by atomic mass is 32.1. The van der Waals surface area contributed by atoms with Gasteiger partial charge >= 0.3 is 0 Å². The van der Waals surface area contributed by atoms with Crippen molar-refractivity contribution in [3.8, 4) is 6.07 Å². The summed E-state index contributed by atoms with van der Waals surface area (Å²) in [5, 5.41) is 10.8. The summed E-state index contributed by atoms with van der Waals surface area (Å²) in [6.07, 6.45) is 1.03. The van der Waals surface area contributed by atoms with Gasteiger partial charge in [0.15, 0.2) is 0 Å². The summed E-state index contributed by atoms with van der Waals surface area (Å²) in [5.41, 5.74) is 6.86. The summed E-state index contributed by atoms with van der Waals surface area (Å²) in [6.45, 7) is 1.86. The quantitative estimate of drug-likeness (QED) is 0.728. The Morgan fingerprint density at radius 1 is 1.69 bits per heavy atom. The van der Waals surface area contributed by atoms with E-state index in [0.717, 1.165) is 30.1 Å². The van der Waals surface area contributed by atoms with Crippen LogP contribution in [0.4, 0.5) is 5.69 Å². The lowest BCUT2D eigenvalue weighted by atomic mass is 10.3. The van der Waals surface area contributed by atoms with Crippen molar-refractivity contribution in [2.75, 3.05) is 18.0 Å². The van der Waals surface area contributed by atoms with Gasteiger partial charge in [-0.3, -0.25) is 0 Å². The fourth-order valence-electron chi connectivity index (χ4n) is 1.64. The second kappa shape index (κ2) is 3.36. The van der Waals surface area contributed by atoms with E-state index < -0.39 is 0 Å². The molecule has 1 fully saturated rings. The Labute approximate surface area is 81.4 Å². The Hall–Kier alpha value is -1.05. The lowest BCUT2D eigenvalue weighted by Crippen LogP contribution is -2.26. The van der Waals surface area contributed by atoms with Crippen molar-refractivity contribution in [1.82, 2.24) is 0 Å². The van der Waals surface area contributed by atoms with Gasteiger partial charge in [0, 0.05) is 19.1 Å². The minimum absolute atomic E-state index is 0.270. The monoisotopic (exact) mass is 193 g/mol. The molecule has 0 aromatic carbocycles. The molecule has 68 valence electrons. The SMILES string of the molecule is N#Cc1sccc1N1CC[C@H](N)C1. The zero-order valence-electron chi connectivity index (χ0n) is 7.23. The molecule has 0 spiro atoms. The molecule has 1 aliphatic heterocycles. The summed E-state index contributed by atoms with van der Waals surface area (Å²) in [4.78, 5) is 2.99. The predicted molar refractivity (Wildman–Crippen MR) is 53.8 cm³/mol. The lowest BCUT2D eigenvalue weighted by molar-refractivity contribution is 0.752. The molecule has 1 saturated heterocycles. The first kappa shape index (κ1) is 8.54. The number of hydrogen-bond donors (Lipinski definition) is 1. The zero-order chi connectivity index (χ0) is 9.26. The number of thiophene rings is 1. The van der Waals surface area contributed by atoms with E-state index in [2.05, 4.69) is 11.0 Å². The largest absolute Gasteiger partial charge is 0.368 e. The maximum Gasteiger partial charge on any atom is 0.128 e. The normalized spacial score (nSPS) is 21.8. The minimum Gasteiger partial charge on any atom is -0.368 e. The van der Waals surface area contributed by atoms with Gasteiger partial charge in [0.1, 0.15) is 10.9 Å². The van der Waals surface area contributed by atoms with E-state index in [1.807, 2.05) is 11.4 Å². The van der Waals surface area contributed by atoms with E-state index in [1.165, 1.54) is 11.3 Å². The summed E-state index contributed by atoms with van der Waals surface area (Å²) < 4.78 is 0. The smallest absolute Gasteiger partial charge is 0.128 e. The number of hydrogen-bond acceptors (Lipinski definition) is 4. The molecular weight excluding hydrogens is 182 g/mol. The number of nitrogens with two attached hydrogens (primary N) is 1. The molecule has 2 rings (SSSR count). The van der Waals surface area contributed by atoms with Crippen molar-refractivity contribution in [3.05, 3.63) is 16.3 Å². The van der Waals surface area contributed by atoms with E-state index in [-0.39, 0.29) is 6.04 Å². The Morgan fingerprint density at radius 2 is 2.54 bits per heavy atom. The first-order valence-corrected chi connectivity index (χ1v) is 5.17. The molecule has 1 atom stereocenters. The number of nitrogens with zero attached hydrogens (tertiary/aromatic N) is 2. The first-order chi connectivity index (χ1) is 6.31. The van der Waals surface area contributed by atoms with Crippen LogP contribution in [0.3, 0.4) is 0 Å². The zero-order valence-corrected chi connectivity index (χ0v) is 8.05. The van der Waals surface area contributed by atoms with Crippen LogP contribution < -0.4 is 10.6 Å². The van der Waals surface area contributed by atoms with Gasteiger partial charge in [0.2, 0.25) is 0 Å². The minimum atomic E-state index is 0.270. The third-order valence-electron chi connectivity index (χ3n) is 2.31. The van der Waals surface area contributed by atoms with Crippen molar-refractivity contribution in [2.24, 2.45) is 5.73 Å². The van der Waals surface area contributed by atoms with Gasteiger partial charge in [-0.2, -0.15) is 5.26 Å². The Balaban J connectivity index is 2.22. The van der Waals surface area contributed by atoms with E-state index in [4.69, 9.17) is 11.0 Å². The maximum absolute atomic E-state index is 8.84. The maximum atomic E-state index is 8.84. The predicted octanol–water partition coefficient (Wildman–Crippen LogP) is 1.16. The molecule has 1 aliphatic rings. The average Bonchev–Trinajstić information content (AvgIpc) is 2.71. The van der Waals surface area contributed by atoms with Crippen LogP contribution in [-0.2, 0) is 0 Å². The fourth-order valence-corrected chi connectivity index (χ4v) is 2.34.